The Morgan fingerprint density at radius 2 is 1.65 bits per heavy atom. The Hall–Kier alpha value is -2.45. The molecule has 2 aromatic rings. The lowest BCUT2D eigenvalue weighted by atomic mass is 10.3. The largest absolute Gasteiger partial charge is 0.332 e. The first-order valence-corrected chi connectivity index (χ1v) is 10.0. The predicted molar refractivity (Wildman–Crippen MR) is 108 cm³/mol. The zero-order chi connectivity index (χ0) is 19.2. The Labute approximate surface area is 159 Å². The molecule has 26 heavy (non-hydrogen) atoms. The van der Waals surface area contributed by atoms with Gasteiger partial charge in [0.1, 0.15) is 0 Å². The summed E-state index contributed by atoms with van der Waals surface area (Å²) in [7, 11) is -3.67. The highest BCUT2D eigenvalue weighted by atomic mass is 32.2. The van der Waals surface area contributed by atoms with E-state index in [-0.39, 0.29) is 15.9 Å². The summed E-state index contributed by atoms with van der Waals surface area (Å²) in [6, 6.07) is 15.2. The average molecular weight is 392 g/mol. The molecule has 0 aliphatic carbocycles. The topological polar surface area (TPSA) is 78.5 Å². The van der Waals surface area contributed by atoms with Gasteiger partial charge < -0.3 is 10.6 Å². The molecule has 0 aliphatic rings. The molecule has 2 rings (SSSR count). The number of amides is 1. The highest BCUT2D eigenvalue weighted by Gasteiger charge is 2.23. The lowest BCUT2D eigenvalue weighted by Gasteiger charge is -2.23. The molecule has 0 spiro atoms. The second-order valence-electron chi connectivity index (χ2n) is 5.39. The molecule has 0 bridgehead atoms. The third-order valence-electron chi connectivity index (χ3n) is 3.61. The fourth-order valence-electron chi connectivity index (χ4n) is 2.30. The Morgan fingerprint density at radius 1 is 1.04 bits per heavy atom. The first-order chi connectivity index (χ1) is 12.4. The second kappa shape index (κ2) is 8.77. The number of carbonyl (C=O) groups is 1. The molecule has 0 atom stereocenters. The third-order valence-corrected chi connectivity index (χ3v) is 5.73. The van der Waals surface area contributed by atoms with E-state index in [1.54, 1.807) is 50.2 Å². The average Bonchev–Trinajstić information content (AvgIpc) is 2.63. The molecule has 2 aromatic carbocycles. The molecule has 0 saturated heterocycles. The highest BCUT2D eigenvalue weighted by Crippen LogP contribution is 2.24. The van der Waals surface area contributed by atoms with Crippen LogP contribution in [0.3, 0.4) is 0 Å². The van der Waals surface area contributed by atoms with Crippen LogP contribution in [-0.2, 0) is 14.8 Å². The molecule has 2 N–H and O–H groups in total. The van der Waals surface area contributed by atoms with Crippen molar-refractivity contribution in [2.75, 3.05) is 16.2 Å². The third kappa shape index (κ3) is 4.80. The number of carbonyl (C=O) groups excluding carboxylic acids is 1. The fourth-order valence-corrected chi connectivity index (χ4v) is 4.01. The standard InChI is InChI=1S/C18H21N3O3S2/c1-3-17(22)20-18(25)19-14-10-12-16(13-11-14)26(23,24)21(4-2)15-8-6-5-7-9-15/h5-13H,3-4H2,1-2H3,(H2,19,20,22,25). The van der Waals surface area contributed by atoms with Crippen molar-refractivity contribution in [3.05, 3.63) is 54.6 Å². The van der Waals surface area contributed by atoms with Gasteiger partial charge in [0.2, 0.25) is 5.91 Å². The number of anilines is 2. The molecule has 0 heterocycles. The van der Waals surface area contributed by atoms with Gasteiger partial charge in [0.25, 0.3) is 10.0 Å². The van der Waals surface area contributed by atoms with Crippen LogP contribution in [0.5, 0.6) is 0 Å². The van der Waals surface area contributed by atoms with Crippen molar-refractivity contribution in [3.63, 3.8) is 0 Å². The van der Waals surface area contributed by atoms with Crippen molar-refractivity contribution < 1.29 is 13.2 Å². The van der Waals surface area contributed by atoms with E-state index >= 15 is 0 Å². The van der Waals surface area contributed by atoms with Gasteiger partial charge in [0, 0.05) is 18.7 Å². The van der Waals surface area contributed by atoms with Crippen LogP contribution in [0.25, 0.3) is 0 Å². The molecule has 0 aromatic heterocycles. The number of nitrogens with zero attached hydrogens (tertiary/aromatic N) is 1. The Morgan fingerprint density at radius 3 is 2.19 bits per heavy atom. The van der Waals surface area contributed by atoms with Crippen molar-refractivity contribution >= 4 is 44.6 Å². The first-order valence-electron chi connectivity index (χ1n) is 8.17. The van der Waals surface area contributed by atoms with Gasteiger partial charge in [-0.2, -0.15) is 0 Å². The van der Waals surface area contributed by atoms with Crippen LogP contribution in [-0.4, -0.2) is 26.0 Å². The smallest absolute Gasteiger partial charge is 0.264 e. The summed E-state index contributed by atoms with van der Waals surface area (Å²) in [6.07, 6.45) is 0.325. The fraction of sp³-hybridized carbons (Fsp3) is 0.222. The molecule has 0 aliphatic heterocycles. The monoisotopic (exact) mass is 391 g/mol. The number of hydrogen-bond donors (Lipinski definition) is 2. The van der Waals surface area contributed by atoms with Gasteiger partial charge >= 0.3 is 0 Å². The van der Waals surface area contributed by atoms with Gasteiger partial charge in [0.15, 0.2) is 5.11 Å². The van der Waals surface area contributed by atoms with Gasteiger partial charge in [-0.3, -0.25) is 9.10 Å². The normalized spacial score (nSPS) is 10.8. The lowest BCUT2D eigenvalue weighted by molar-refractivity contribution is -0.119. The molecule has 6 nitrogen and oxygen atoms in total. The van der Waals surface area contributed by atoms with Crippen LogP contribution in [0.4, 0.5) is 11.4 Å². The minimum atomic E-state index is -3.67. The van der Waals surface area contributed by atoms with Crippen LogP contribution < -0.4 is 14.9 Å². The number of thiocarbonyl (C=S) groups is 1. The van der Waals surface area contributed by atoms with E-state index in [9.17, 15) is 13.2 Å². The first kappa shape index (κ1) is 19.9. The minimum Gasteiger partial charge on any atom is -0.332 e. The maximum Gasteiger partial charge on any atom is 0.264 e. The van der Waals surface area contributed by atoms with E-state index in [1.807, 2.05) is 6.07 Å². The maximum atomic E-state index is 12.9. The molecule has 1 amide bonds. The number of benzene rings is 2. The van der Waals surface area contributed by atoms with E-state index in [0.29, 0.717) is 24.3 Å². The quantitative estimate of drug-likeness (QED) is 0.740. The van der Waals surface area contributed by atoms with Crippen molar-refractivity contribution in [2.45, 2.75) is 25.2 Å². The van der Waals surface area contributed by atoms with Crippen LogP contribution in [0.1, 0.15) is 20.3 Å². The number of hydrogen-bond acceptors (Lipinski definition) is 4. The van der Waals surface area contributed by atoms with Gasteiger partial charge in [-0.1, -0.05) is 25.1 Å². The molecule has 0 radical (unpaired) electrons. The van der Waals surface area contributed by atoms with Crippen LogP contribution in [0.2, 0.25) is 0 Å². The summed E-state index contributed by atoms with van der Waals surface area (Å²) in [5, 5.41) is 5.55. The van der Waals surface area contributed by atoms with E-state index in [1.165, 1.54) is 16.4 Å². The van der Waals surface area contributed by atoms with Crippen molar-refractivity contribution in [3.8, 4) is 0 Å². The van der Waals surface area contributed by atoms with Crippen LogP contribution in [0, 0.1) is 0 Å². The van der Waals surface area contributed by atoms with E-state index in [2.05, 4.69) is 10.6 Å². The number of sulfonamides is 1. The molecule has 0 fully saturated rings. The second-order valence-corrected chi connectivity index (χ2v) is 7.66. The maximum absolute atomic E-state index is 12.9. The van der Waals surface area contributed by atoms with Crippen molar-refractivity contribution in [2.24, 2.45) is 0 Å². The van der Waals surface area contributed by atoms with Gasteiger partial charge in [0.05, 0.1) is 10.6 Å². The molecule has 138 valence electrons. The zero-order valence-corrected chi connectivity index (χ0v) is 16.2. The van der Waals surface area contributed by atoms with E-state index < -0.39 is 10.0 Å². The van der Waals surface area contributed by atoms with Crippen molar-refractivity contribution in [1.29, 1.82) is 0 Å². The Balaban J connectivity index is 2.18. The van der Waals surface area contributed by atoms with Crippen LogP contribution >= 0.6 is 12.2 Å². The summed E-state index contributed by atoms with van der Waals surface area (Å²) in [6.45, 7) is 3.83. The van der Waals surface area contributed by atoms with Gasteiger partial charge in [-0.15, -0.1) is 0 Å². The molecule has 0 saturated carbocycles. The summed E-state index contributed by atoms with van der Waals surface area (Å²) < 4.78 is 27.2. The molecule has 0 unspecified atom stereocenters. The Kier molecular flexibility index (Phi) is 6.70. The molecule has 8 heteroatoms. The minimum absolute atomic E-state index is 0.173. The summed E-state index contributed by atoms with van der Waals surface area (Å²) in [5.41, 5.74) is 1.20. The van der Waals surface area contributed by atoms with Crippen molar-refractivity contribution in [1.82, 2.24) is 5.32 Å². The van der Waals surface area contributed by atoms with E-state index in [0.717, 1.165) is 0 Å². The SMILES string of the molecule is CCC(=O)NC(=S)Nc1ccc(S(=O)(=O)N(CC)c2ccccc2)cc1. The van der Waals surface area contributed by atoms with E-state index in [4.69, 9.17) is 12.2 Å². The summed E-state index contributed by atoms with van der Waals surface area (Å²) in [4.78, 5) is 11.5. The number of nitrogens with one attached hydrogen (secondary N) is 2. The Bertz CT molecular complexity index is 866. The summed E-state index contributed by atoms with van der Waals surface area (Å²) in [5.74, 6) is -0.192. The molecular weight excluding hydrogens is 370 g/mol. The van der Waals surface area contributed by atoms with Gasteiger partial charge in [-0.05, 0) is 55.5 Å². The molecular formula is C18H21N3O3S2. The van der Waals surface area contributed by atoms with Crippen LogP contribution in [0.15, 0.2) is 59.5 Å². The summed E-state index contributed by atoms with van der Waals surface area (Å²) >= 11 is 5.04. The lowest BCUT2D eigenvalue weighted by Crippen LogP contribution is -2.33. The highest BCUT2D eigenvalue weighted by molar-refractivity contribution is 7.92. The van der Waals surface area contributed by atoms with Gasteiger partial charge in [-0.25, -0.2) is 8.42 Å². The number of para-hydroxylation sites is 1. The number of rotatable bonds is 6. The predicted octanol–water partition coefficient (Wildman–Crippen LogP) is 3.12. The zero-order valence-electron chi connectivity index (χ0n) is 14.6.